The summed E-state index contributed by atoms with van der Waals surface area (Å²) in [4.78, 5) is 17.6. The van der Waals surface area contributed by atoms with Crippen molar-refractivity contribution in [2.45, 2.75) is 28.5 Å². The zero-order valence-electron chi connectivity index (χ0n) is 14.3. The molecule has 134 valence electrons. The number of rotatable bonds is 6. The lowest BCUT2D eigenvalue weighted by atomic mass is 10.1. The first-order valence-electron chi connectivity index (χ1n) is 8.76. The van der Waals surface area contributed by atoms with Crippen LogP contribution < -0.4 is 5.32 Å². The summed E-state index contributed by atoms with van der Waals surface area (Å²) in [5, 5.41) is 2.75. The van der Waals surface area contributed by atoms with Crippen molar-refractivity contribution in [1.82, 2.24) is 10.3 Å². The minimum atomic E-state index is -0.321. The average molecular weight is 385 g/mol. The lowest BCUT2D eigenvalue weighted by Crippen LogP contribution is -2.34. The maximum absolute atomic E-state index is 12.9. The number of hydrogen-bond acceptors (Lipinski definition) is 5. The summed E-state index contributed by atoms with van der Waals surface area (Å²) >= 11 is 3.14. The van der Waals surface area contributed by atoms with Crippen LogP contribution >= 0.6 is 23.1 Å². The van der Waals surface area contributed by atoms with Gasteiger partial charge in [0.15, 0.2) is 4.34 Å². The topological polar surface area (TPSA) is 51.2 Å². The van der Waals surface area contributed by atoms with Crippen molar-refractivity contribution in [3.8, 4) is 0 Å². The summed E-state index contributed by atoms with van der Waals surface area (Å²) in [5.74, 6) is 0.0101. The van der Waals surface area contributed by atoms with E-state index in [1.54, 1.807) is 11.3 Å². The van der Waals surface area contributed by atoms with E-state index in [1.807, 2.05) is 48.5 Å². The predicted octanol–water partition coefficient (Wildman–Crippen LogP) is 4.42. The van der Waals surface area contributed by atoms with E-state index in [-0.39, 0.29) is 17.3 Å². The van der Waals surface area contributed by atoms with E-state index in [9.17, 15) is 4.79 Å². The largest absolute Gasteiger partial charge is 0.376 e. The molecular weight excluding hydrogens is 364 g/mol. The Labute approximate surface area is 161 Å². The third kappa shape index (κ3) is 4.09. The molecule has 1 saturated heterocycles. The third-order valence-corrected chi connectivity index (χ3v) is 6.75. The van der Waals surface area contributed by atoms with Crippen LogP contribution in [0.15, 0.2) is 58.9 Å². The lowest BCUT2D eigenvalue weighted by molar-refractivity contribution is -0.121. The second kappa shape index (κ2) is 8.20. The number of nitrogens with zero attached hydrogens (tertiary/aromatic N) is 1. The van der Waals surface area contributed by atoms with Crippen LogP contribution in [0, 0.1) is 0 Å². The highest BCUT2D eigenvalue weighted by Crippen LogP contribution is 2.39. The number of para-hydroxylation sites is 1. The fraction of sp³-hybridized carbons (Fsp3) is 0.300. The number of carbonyl (C=O) groups excluding carboxylic acids is 1. The van der Waals surface area contributed by atoms with Crippen LogP contribution in [0.4, 0.5) is 0 Å². The molecule has 2 atom stereocenters. The molecule has 1 amide bonds. The SMILES string of the molecule is O=C(NC[C@H]1CCCO1)[C@@H](Sc1nc2ccccc2s1)c1ccccc1. The van der Waals surface area contributed by atoms with Gasteiger partial charge in [0.2, 0.25) is 5.91 Å². The smallest absolute Gasteiger partial charge is 0.238 e. The van der Waals surface area contributed by atoms with E-state index < -0.39 is 0 Å². The molecule has 1 fully saturated rings. The van der Waals surface area contributed by atoms with Gasteiger partial charge in [0.1, 0.15) is 5.25 Å². The molecule has 6 heteroatoms. The summed E-state index contributed by atoms with van der Waals surface area (Å²) in [6.07, 6.45) is 2.23. The fourth-order valence-electron chi connectivity index (χ4n) is 3.02. The normalized spacial score (nSPS) is 18.1. The number of thioether (sulfide) groups is 1. The van der Waals surface area contributed by atoms with Crippen LogP contribution in [0.25, 0.3) is 10.2 Å². The van der Waals surface area contributed by atoms with Crippen molar-refractivity contribution >= 4 is 39.2 Å². The molecule has 1 aromatic heterocycles. The first-order valence-corrected chi connectivity index (χ1v) is 10.5. The minimum Gasteiger partial charge on any atom is -0.376 e. The minimum absolute atomic E-state index is 0.0101. The van der Waals surface area contributed by atoms with Crippen molar-refractivity contribution in [3.05, 3.63) is 60.2 Å². The maximum atomic E-state index is 12.9. The molecule has 4 nitrogen and oxygen atoms in total. The number of ether oxygens (including phenoxy) is 1. The second-order valence-corrected chi connectivity index (χ2v) is 8.62. The molecule has 0 saturated carbocycles. The van der Waals surface area contributed by atoms with Gasteiger partial charge in [0, 0.05) is 13.2 Å². The van der Waals surface area contributed by atoms with Gasteiger partial charge < -0.3 is 10.1 Å². The van der Waals surface area contributed by atoms with Gasteiger partial charge in [-0.05, 0) is 30.5 Å². The summed E-state index contributed by atoms with van der Waals surface area (Å²) in [5.41, 5.74) is 1.97. The first kappa shape index (κ1) is 17.5. The van der Waals surface area contributed by atoms with Gasteiger partial charge in [-0.2, -0.15) is 0 Å². The Morgan fingerprint density at radius 1 is 1.23 bits per heavy atom. The van der Waals surface area contributed by atoms with Gasteiger partial charge >= 0.3 is 0 Å². The Morgan fingerprint density at radius 3 is 2.81 bits per heavy atom. The maximum Gasteiger partial charge on any atom is 0.238 e. The monoisotopic (exact) mass is 384 g/mol. The summed E-state index contributed by atoms with van der Waals surface area (Å²) < 4.78 is 7.67. The standard InChI is InChI=1S/C20H20N2O2S2/c23-19(21-13-15-9-6-12-24-15)18(14-7-2-1-3-8-14)26-20-22-16-10-4-5-11-17(16)25-20/h1-5,7-8,10-11,15,18H,6,9,12-13H2,(H,21,23)/t15-,18+/m1/s1. The van der Waals surface area contributed by atoms with Crippen LogP contribution in [0.5, 0.6) is 0 Å². The fourth-order valence-corrected chi connectivity index (χ4v) is 5.30. The number of benzene rings is 2. The number of nitrogens with one attached hydrogen (secondary N) is 1. The Balaban J connectivity index is 1.53. The number of carbonyl (C=O) groups is 1. The summed E-state index contributed by atoms with van der Waals surface area (Å²) in [7, 11) is 0. The molecule has 2 aromatic carbocycles. The van der Waals surface area contributed by atoms with Crippen LogP contribution in [0.1, 0.15) is 23.7 Å². The van der Waals surface area contributed by atoms with Crippen LogP contribution in [0.2, 0.25) is 0 Å². The van der Waals surface area contributed by atoms with Gasteiger partial charge in [-0.1, -0.05) is 54.2 Å². The Hall–Kier alpha value is -1.89. The van der Waals surface area contributed by atoms with Gasteiger partial charge in [-0.3, -0.25) is 4.79 Å². The van der Waals surface area contributed by atoms with Gasteiger partial charge in [0.05, 0.1) is 16.3 Å². The number of fused-ring (bicyclic) bond motifs is 1. The molecule has 1 N–H and O–H groups in total. The number of thiazole rings is 1. The highest BCUT2D eigenvalue weighted by atomic mass is 32.2. The Kier molecular flexibility index (Phi) is 5.53. The van der Waals surface area contributed by atoms with E-state index in [1.165, 1.54) is 11.8 Å². The van der Waals surface area contributed by atoms with Gasteiger partial charge in [0.25, 0.3) is 0 Å². The molecule has 0 spiro atoms. The molecule has 1 aliphatic heterocycles. The molecule has 1 aliphatic rings. The highest BCUT2D eigenvalue weighted by molar-refractivity contribution is 8.02. The Bertz CT molecular complexity index is 843. The van der Waals surface area contributed by atoms with E-state index in [0.717, 1.165) is 39.6 Å². The zero-order valence-corrected chi connectivity index (χ0v) is 15.9. The van der Waals surface area contributed by atoms with Crippen molar-refractivity contribution < 1.29 is 9.53 Å². The highest BCUT2D eigenvalue weighted by Gasteiger charge is 2.25. The second-order valence-electron chi connectivity index (χ2n) is 6.24. The van der Waals surface area contributed by atoms with Crippen molar-refractivity contribution in [2.24, 2.45) is 0 Å². The van der Waals surface area contributed by atoms with Crippen molar-refractivity contribution in [1.29, 1.82) is 0 Å². The molecule has 2 heterocycles. The van der Waals surface area contributed by atoms with Crippen molar-refractivity contribution in [3.63, 3.8) is 0 Å². The Morgan fingerprint density at radius 2 is 2.04 bits per heavy atom. The molecule has 0 unspecified atom stereocenters. The molecule has 0 radical (unpaired) electrons. The van der Waals surface area contributed by atoms with E-state index >= 15 is 0 Å². The molecule has 3 aromatic rings. The molecule has 0 bridgehead atoms. The summed E-state index contributed by atoms with van der Waals surface area (Å²) in [6.45, 7) is 1.37. The van der Waals surface area contributed by atoms with E-state index in [2.05, 4.69) is 16.4 Å². The van der Waals surface area contributed by atoms with Crippen LogP contribution in [0.3, 0.4) is 0 Å². The van der Waals surface area contributed by atoms with Gasteiger partial charge in [-0.25, -0.2) is 4.98 Å². The van der Waals surface area contributed by atoms with E-state index in [4.69, 9.17) is 4.74 Å². The van der Waals surface area contributed by atoms with Crippen molar-refractivity contribution in [2.75, 3.05) is 13.2 Å². The number of aromatic nitrogens is 1. The summed E-state index contributed by atoms with van der Waals surface area (Å²) in [6, 6.07) is 18.0. The zero-order chi connectivity index (χ0) is 17.8. The molecule has 4 rings (SSSR count). The molecule has 0 aliphatic carbocycles. The number of amides is 1. The van der Waals surface area contributed by atoms with E-state index in [0.29, 0.717) is 6.54 Å². The lowest BCUT2D eigenvalue weighted by Gasteiger charge is -2.17. The van der Waals surface area contributed by atoms with Gasteiger partial charge in [-0.15, -0.1) is 11.3 Å². The van der Waals surface area contributed by atoms with Crippen LogP contribution in [-0.2, 0) is 9.53 Å². The third-order valence-electron chi connectivity index (χ3n) is 4.36. The first-order chi connectivity index (χ1) is 12.8. The molecule has 26 heavy (non-hydrogen) atoms. The number of hydrogen-bond donors (Lipinski definition) is 1. The molecular formula is C20H20N2O2S2. The predicted molar refractivity (Wildman–Crippen MR) is 107 cm³/mol. The van der Waals surface area contributed by atoms with Crippen LogP contribution in [-0.4, -0.2) is 30.1 Å². The average Bonchev–Trinajstić information content (AvgIpc) is 3.34. The quantitative estimate of drug-likeness (QED) is 0.639.